The van der Waals surface area contributed by atoms with Crippen molar-refractivity contribution in [1.82, 2.24) is 5.32 Å². The van der Waals surface area contributed by atoms with Gasteiger partial charge in [0.15, 0.2) is 0 Å². The Hall–Kier alpha value is -1.73. The predicted molar refractivity (Wildman–Crippen MR) is 75.4 cm³/mol. The minimum atomic E-state index is -0.430. The third-order valence-corrected chi connectivity index (χ3v) is 3.20. The maximum Gasteiger partial charge on any atom is 0.119 e. The molecule has 1 rings (SSSR count). The molecule has 19 heavy (non-hydrogen) atoms. The van der Waals surface area contributed by atoms with E-state index in [-0.39, 0.29) is 0 Å². The van der Waals surface area contributed by atoms with Crippen molar-refractivity contribution >= 4 is 0 Å². The second-order valence-electron chi connectivity index (χ2n) is 4.68. The summed E-state index contributed by atoms with van der Waals surface area (Å²) in [6.45, 7) is 2.58. The van der Waals surface area contributed by atoms with Crippen LogP contribution in [0.15, 0.2) is 24.3 Å². The molecule has 0 aliphatic rings. The molecule has 1 aromatic rings. The minimum absolute atomic E-state index is 0.430. The van der Waals surface area contributed by atoms with Crippen molar-refractivity contribution in [2.45, 2.75) is 31.7 Å². The van der Waals surface area contributed by atoms with Crippen molar-refractivity contribution < 1.29 is 9.47 Å². The van der Waals surface area contributed by atoms with Crippen molar-refractivity contribution in [3.63, 3.8) is 0 Å². The van der Waals surface area contributed by atoms with Crippen LogP contribution in [0.25, 0.3) is 0 Å². The van der Waals surface area contributed by atoms with Crippen LogP contribution in [0, 0.1) is 11.3 Å². The molecule has 0 heterocycles. The third kappa shape index (κ3) is 5.19. The Kier molecular flexibility index (Phi) is 6.17. The Morgan fingerprint density at radius 3 is 2.37 bits per heavy atom. The monoisotopic (exact) mass is 262 g/mol. The summed E-state index contributed by atoms with van der Waals surface area (Å²) in [6, 6.07) is 9.83. The lowest BCUT2D eigenvalue weighted by molar-refractivity contribution is 0.296. The summed E-state index contributed by atoms with van der Waals surface area (Å²) < 4.78 is 10.7. The van der Waals surface area contributed by atoms with Crippen LogP contribution >= 0.6 is 0 Å². The van der Waals surface area contributed by atoms with Gasteiger partial charge in [-0.05, 0) is 57.5 Å². The zero-order valence-electron chi connectivity index (χ0n) is 11.9. The van der Waals surface area contributed by atoms with Gasteiger partial charge in [0, 0.05) is 0 Å². The SMILES string of the molecule is CNC(C)(C#N)CCCCOc1ccc(OC)cc1. The van der Waals surface area contributed by atoms with E-state index in [9.17, 15) is 0 Å². The molecule has 0 fully saturated rings. The van der Waals surface area contributed by atoms with E-state index in [0.29, 0.717) is 6.61 Å². The molecule has 104 valence electrons. The number of nitrogens with one attached hydrogen (secondary N) is 1. The summed E-state index contributed by atoms with van der Waals surface area (Å²) in [6.07, 6.45) is 2.72. The van der Waals surface area contributed by atoms with Gasteiger partial charge in [0.2, 0.25) is 0 Å². The van der Waals surface area contributed by atoms with E-state index in [1.165, 1.54) is 0 Å². The molecule has 0 spiro atoms. The van der Waals surface area contributed by atoms with Crippen LogP contribution in [-0.4, -0.2) is 26.3 Å². The van der Waals surface area contributed by atoms with Gasteiger partial charge in [-0.2, -0.15) is 5.26 Å². The summed E-state index contributed by atoms with van der Waals surface area (Å²) in [5.74, 6) is 1.67. The molecular weight excluding hydrogens is 240 g/mol. The number of unbranched alkanes of at least 4 members (excludes halogenated alkanes) is 1. The highest BCUT2D eigenvalue weighted by molar-refractivity contribution is 5.31. The van der Waals surface area contributed by atoms with Crippen LogP contribution in [0.5, 0.6) is 11.5 Å². The zero-order valence-corrected chi connectivity index (χ0v) is 11.9. The minimum Gasteiger partial charge on any atom is -0.497 e. The standard InChI is InChI=1S/C15H22N2O2/c1-15(12-16,17-2)10-4-5-11-19-14-8-6-13(18-3)7-9-14/h6-9,17H,4-5,10-11H2,1-3H3. The van der Waals surface area contributed by atoms with Gasteiger partial charge in [-0.15, -0.1) is 0 Å². The Labute approximate surface area is 115 Å². The fourth-order valence-electron chi connectivity index (χ4n) is 1.68. The van der Waals surface area contributed by atoms with Crippen molar-refractivity contribution in [3.8, 4) is 17.6 Å². The molecule has 4 nitrogen and oxygen atoms in total. The molecule has 0 radical (unpaired) electrons. The first kappa shape index (κ1) is 15.3. The molecule has 4 heteroatoms. The molecule has 0 aliphatic heterocycles. The average molecular weight is 262 g/mol. The molecule has 1 aromatic carbocycles. The Morgan fingerprint density at radius 2 is 1.84 bits per heavy atom. The molecule has 1 atom stereocenters. The van der Waals surface area contributed by atoms with Crippen molar-refractivity contribution in [2.75, 3.05) is 20.8 Å². The molecule has 0 bridgehead atoms. The van der Waals surface area contributed by atoms with Gasteiger partial charge in [-0.25, -0.2) is 0 Å². The second-order valence-corrected chi connectivity index (χ2v) is 4.68. The van der Waals surface area contributed by atoms with Gasteiger partial charge >= 0.3 is 0 Å². The summed E-state index contributed by atoms with van der Waals surface area (Å²) in [4.78, 5) is 0. The van der Waals surface area contributed by atoms with E-state index < -0.39 is 5.54 Å². The summed E-state index contributed by atoms with van der Waals surface area (Å²) in [7, 11) is 3.46. The number of nitrogens with zero attached hydrogens (tertiary/aromatic N) is 1. The molecule has 0 amide bonds. The molecule has 0 saturated carbocycles. The Bertz CT molecular complexity index is 411. The van der Waals surface area contributed by atoms with E-state index in [1.807, 2.05) is 38.2 Å². The van der Waals surface area contributed by atoms with E-state index in [2.05, 4.69) is 11.4 Å². The number of hydrogen-bond acceptors (Lipinski definition) is 4. The normalized spacial score (nSPS) is 13.4. The van der Waals surface area contributed by atoms with Gasteiger partial charge in [0.1, 0.15) is 17.0 Å². The quantitative estimate of drug-likeness (QED) is 0.732. The Morgan fingerprint density at radius 1 is 1.21 bits per heavy atom. The summed E-state index contributed by atoms with van der Waals surface area (Å²) in [5.41, 5.74) is -0.430. The van der Waals surface area contributed by atoms with Gasteiger partial charge in [0.05, 0.1) is 19.8 Å². The molecule has 1 N–H and O–H groups in total. The van der Waals surface area contributed by atoms with E-state index in [4.69, 9.17) is 14.7 Å². The first-order valence-electron chi connectivity index (χ1n) is 6.50. The lowest BCUT2D eigenvalue weighted by Gasteiger charge is -2.20. The highest BCUT2D eigenvalue weighted by Crippen LogP contribution is 2.18. The van der Waals surface area contributed by atoms with Crippen LogP contribution in [0.4, 0.5) is 0 Å². The van der Waals surface area contributed by atoms with E-state index in [0.717, 1.165) is 30.8 Å². The molecule has 1 unspecified atom stereocenters. The highest BCUT2D eigenvalue weighted by atomic mass is 16.5. The highest BCUT2D eigenvalue weighted by Gasteiger charge is 2.19. The van der Waals surface area contributed by atoms with Crippen molar-refractivity contribution in [3.05, 3.63) is 24.3 Å². The first-order chi connectivity index (χ1) is 9.13. The van der Waals surface area contributed by atoms with Gasteiger partial charge in [-0.3, -0.25) is 0 Å². The number of methoxy groups -OCH3 is 1. The lowest BCUT2D eigenvalue weighted by Crippen LogP contribution is -2.37. The van der Waals surface area contributed by atoms with Crippen LogP contribution in [-0.2, 0) is 0 Å². The number of ether oxygens (including phenoxy) is 2. The smallest absolute Gasteiger partial charge is 0.119 e. The second kappa shape index (κ2) is 7.65. The maximum atomic E-state index is 9.01. The molecule has 0 aromatic heterocycles. The zero-order chi connectivity index (χ0) is 14.1. The van der Waals surface area contributed by atoms with E-state index in [1.54, 1.807) is 7.11 Å². The van der Waals surface area contributed by atoms with Crippen LogP contribution in [0.2, 0.25) is 0 Å². The largest absolute Gasteiger partial charge is 0.497 e. The average Bonchev–Trinajstić information content (AvgIpc) is 2.47. The third-order valence-electron chi connectivity index (χ3n) is 3.20. The summed E-state index contributed by atoms with van der Waals surface area (Å²) >= 11 is 0. The molecule has 0 aliphatic carbocycles. The van der Waals surface area contributed by atoms with Crippen LogP contribution < -0.4 is 14.8 Å². The maximum absolute atomic E-state index is 9.01. The van der Waals surface area contributed by atoms with E-state index >= 15 is 0 Å². The van der Waals surface area contributed by atoms with Gasteiger partial charge in [-0.1, -0.05) is 0 Å². The molecular formula is C15H22N2O2. The first-order valence-corrected chi connectivity index (χ1v) is 6.50. The fourth-order valence-corrected chi connectivity index (χ4v) is 1.68. The fraction of sp³-hybridized carbons (Fsp3) is 0.533. The number of nitriles is 1. The topological polar surface area (TPSA) is 54.3 Å². The van der Waals surface area contributed by atoms with Crippen molar-refractivity contribution in [2.24, 2.45) is 0 Å². The molecule has 0 saturated heterocycles. The van der Waals surface area contributed by atoms with Crippen molar-refractivity contribution in [1.29, 1.82) is 5.26 Å². The number of rotatable bonds is 8. The van der Waals surface area contributed by atoms with Gasteiger partial charge < -0.3 is 14.8 Å². The summed E-state index contributed by atoms with van der Waals surface area (Å²) in [5, 5.41) is 12.0. The lowest BCUT2D eigenvalue weighted by atomic mass is 9.97. The number of hydrogen-bond donors (Lipinski definition) is 1. The predicted octanol–water partition coefficient (Wildman–Crippen LogP) is 2.75. The van der Waals surface area contributed by atoms with Gasteiger partial charge in [0.25, 0.3) is 0 Å². The van der Waals surface area contributed by atoms with Crippen LogP contribution in [0.1, 0.15) is 26.2 Å². The number of benzene rings is 1. The Balaban J connectivity index is 2.22. The van der Waals surface area contributed by atoms with Crippen LogP contribution in [0.3, 0.4) is 0 Å².